The molecule has 3 aromatic rings. The van der Waals surface area contributed by atoms with E-state index in [1.54, 1.807) is 25.4 Å². The minimum Gasteiger partial charge on any atom is -0.354 e. The molecule has 4 heterocycles. The number of piperazine rings is 1. The predicted octanol–water partition coefficient (Wildman–Crippen LogP) is 0.973. The molecule has 1 fully saturated rings. The van der Waals surface area contributed by atoms with Gasteiger partial charge in [-0.15, -0.1) is 11.3 Å². The number of amides is 1. The first-order chi connectivity index (χ1) is 18.8. The number of hydrogen-bond acceptors (Lipinski definition) is 11. The number of thiophene rings is 1. The zero-order valence-corrected chi connectivity index (χ0v) is 23.8. The second-order valence-electron chi connectivity index (χ2n) is 8.76. The van der Waals surface area contributed by atoms with Crippen LogP contribution in [-0.4, -0.2) is 90.4 Å². The van der Waals surface area contributed by atoms with E-state index in [1.165, 1.54) is 10.6 Å². The van der Waals surface area contributed by atoms with E-state index in [2.05, 4.69) is 20.3 Å². The summed E-state index contributed by atoms with van der Waals surface area (Å²) in [6, 6.07) is 1.72. The number of aromatic nitrogens is 4. The summed E-state index contributed by atoms with van der Waals surface area (Å²) in [7, 11) is -3.99. The largest absolute Gasteiger partial charge is 0.354 e. The van der Waals surface area contributed by atoms with E-state index in [0.717, 1.165) is 15.9 Å². The van der Waals surface area contributed by atoms with Crippen LogP contribution in [0.1, 0.15) is 25.1 Å². The van der Waals surface area contributed by atoms with Gasteiger partial charge in [0.1, 0.15) is 16.3 Å². The van der Waals surface area contributed by atoms with Crippen LogP contribution in [0, 0.1) is 6.92 Å². The first kappa shape index (κ1) is 29.0. The molecule has 0 spiro atoms. The summed E-state index contributed by atoms with van der Waals surface area (Å²) in [6.45, 7) is 7.64. The quantitative estimate of drug-likeness (QED) is 0.308. The number of nitrogens with one attached hydrogen (secondary N) is 1. The minimum atomic E-state index is -3.99. The lowest BCUT2D eigenvalue weighted by Gasteiger charge is -2.33. The molecule has 0 radical (unpaired) electrons. The standard InChI is InChI=1S/C24H33N7O6S2/c1-4-36-19(37-5-2)7-10-25-18(32)15-30-16-28-22-20(23(30)33)21(17(3)38-22)39(34,35)31-13-11-29(12-14-31)24-26-8-6-9-27-24/h6,8-9,16,19H,4-5,7,10-15H2,1-3H3,(H,25,32). The fraction of sp³-hybridized carbons (Fsp3) is 0.542. The molecule has 1 amide bonds. The minimum absolute atomic E-state index is 0.00868. The summed E-state index contributed by atoms with van der Waals surface area (Å²) >= 11 is 1.15. The molecule has 212 valence electrons. The maximum atomic E-state index is 13.7. The molecule has 4 rings (SSSR count). The molecular weight excluding hydrogens is 546 g/mol. The number of rotatable bonds is 12. The second-order valence-corrected chi connectivity index (χ2v) is 11.8. The third-order valence-corrected chi connectivity index (χ3v) is 9.41. The maximum absolute atomic E-state index is 13.7. The molecule has 15 heteroatoms. The average Bonchev–Trinajstić information content (AvgIpc) is 3.28. The van der Waals surface area contributed by atoms with Crippen LogP contribution in [0.25, 0.3) is 10.2 Å². The van der Waals surface area contributed by atoms with E-state index in [9.17, 15) is 18.0 Å². The molecule has 1 N–H and O–H groups in total. The molecule has 1 aliphatic heterocycles. The van der Waals surface area contributed by atoms with Gasteiger partial charge >= 0.3 is 0 Å². The van der Waals surface area contributed by atoms with Gasteiger partial charge in [0.05, 0.1) is 11.7 Å². The lowest BCUT2D eigenvalue weighted by atomic mass is 10.3. The molecular formula is C24H33N7O6S2. The van der Waals surface area contributed by atoms with E-state index in [1.807, 2.05) is 18.7 Å². The third kappa shape index (κ3) is 6.61. The lowest BCUT2D eigenvalue weighted by Crippen LogP contribution is -2.49. The molecule has 3 aromatic heterocycles. The van der Waals surface area contributed by atoms with Crippen LogP contribution in [0.4, 0.5) is 5.95 Å². The van der Waals surface area contributed by atoms with Crippen molar-refractivity contribution in [1.82, 2.24) is 29.1 Å². The molecule has 1 saturated heterocycles. The molecule has 0 aliphatic carbocycles. The molecule has 1 aliphatic rings. The first-order valence-corrected chi connectivity index (χ1v) is 15.0. The number of fused-ring (bicyclic) bond motifs is 1. The summed E-state index contributed by atoms with van der Waals surface area (Å²) in [5.74, 6) is 0.143. The number of sulfonamides is 1. The summed E-state index contributed by atoms with van der Waals surface area (Å²) in [5, 5.41) is 2.76. The number of carbonyl (C=O) groups excluding carboxylic acids is 1. The summed E-state index contributed by atoms with van der Waals surface area (Å²) in [6.07, 6.45) is 4.59. The topological polar surface area (TPSA) is 149 Å². The number of hydrogen-bond donors (Lipinski definition) is 1. The molecule has 0 unspecified atom stereocenters. The zero-order chi connectivity index (χ0) is 28.0. The molecule has 13 nitrogen and oxygen atoms in total. The Kier molecular flexibility index (Phi) is 9.61. The van der Waals surface area contributed by atoms with E-state index < -0.39 is 27.8 Å². The SMILES string of the molecule is CCOC(CCNC(=O)Cn1cnc2sc(C)c(S(=O)(=O)N3CCN(c4ncccn4)CC3)c2c1=O)OCC. The Balaban J connectivity index is 1.49. The van der Waals surface area contributed by atoms with Crippen molar-refractivity contribution in [3.05, 3.63) is 40.0 Å². The van der Waals surface area contributed by atoms with Crippen LogP contribution in [0.15, 0.2) is 34.5 Å². The van der Waals surface area contributed by atoms with Crippen molar-refractivity contribution < 1.29 is 22.7 Å². The zero-order valence-electron chi connectivity index (χ0n) is 22.2. The van der Waals surface area contributed by atoms with Gasteiger partial charge in [0.25, 0.3) is 5.56 Å². The fourth-order valence-corrected chi connectivity index (χ4v) is 7.46. The van der Waals surface area contributed by atoms with Crippen molar-refractivity contribution in [2.75, 3.05) is 50.8 Å². The number of ether oxygens (including phenoxy) is 2. The molecule has 39 heavy (non-hydrogen) atoms. The van der Waals surface area contributed by atoms with Crippen molar-refractivity contribution in [3.8, 4) is 0 Å². The van der Waals surface area contributed by atoms with Gasteiger partial charge in [0.2, 0.25) is 21.9 Å². The van der Waals surface area contributed by atoms with Crippen molar-refractivity contribution in [3.63, 3.8) is 0 Å². The highest BCUT2D eigenvalue weighted by molar-refractivity contribution is 7.89. The van der Waals surface area contributed by atoms with Crippen LogP contribution >= 0.6 is 11.3 Å². The van der Waals surface area contributed by atoms with Crippen LogP contribution in [0.5, 0.6) is 0 Å². The normalized spacial score (nSPS) is 14.8. The number of nitrogens with zero attached hydrogens (tertiary/aromatic N) is 6. The van der Waals surface area contributed by atoms with Gasteiger partial charge in [-0.2, -0.15) is 4.31 Å². The van der Waals surface area contributed by atoms with Gasteiger partial charge in [-0.1, -0.05) is 0 Å². The van der Waals surface area contributed by atoms with Crippen LogP contribution in [0.3, 0.4) is 0 Å². The Morgan fingerprint density at radius 3 is 2.41 bits per heavy atom. The van der Waals surface area contributed by atoms with E-state index >= 15 is 0 Å². The molecule has 0 aromatic carbocycles. The van der Waals surface area contributed by atoms with E-state index in [0.29, 0.717) is 54.9 Å². The number of carbonyl (C=O) groups is 1. The van der Waals surface area contributed by atoms with Crippen LogP contribution in [0.2, 0.25) is 0 Å². The third-order valence-electron chi connectivity index (χ3n) is 6.19. The monoisotopic (exact) mass is 579 g/mol. The molecule has 0 saturated carbocycles. The Bertz CT molecular complexity index is 1430. The van der Waals surface area contributed by atoms with E-state index in [-0.39, 0.29) is 29.9 Å². The Morgan fingerprint density at radius 1 is 1.10 bits per heavy atom. The second kappa shape index (κ2) is 12.9. The van der Waals surface area contributed by atoms with E-state index in [4.69, 9.17) is 9.47 Å². The fourth-order valence-electron chi connectivity index (χ4n) is 4.38. The Morgan fingerprint density at radius 2 is 1.77 bits per heavy atom. The van der Waals surface area contributed by atoms with Gasteiger partial charge in [0, 0.05) is 69.6 Å². The predicted molar refractivity (Wildman–Crippen MR) is 146 cm³/mol. The maximum Gasteiger partial charge on any atom is 0.263 e. The first-order valence-electron chi connectivity index (χ1n) is 12.8. The molecule has 0 bridgehead atoms. The van der Waals surface area contributed by atoms with Gasteiger partial charge in [-0.05, 0) is 26.8 Å². The number of anilines is 1. The van der Waals surface area contributed by atoms with Gasteiger partial charge in [-0.25, -0.2) is 23.4 Å². The highest BCUT2D eigenvalue weighted by atomic mass is 32.2. The molecule has 0 atom stereocenters. The Hall–Kier alpha value is -2.98. The lowest BCUT2D eigenvalue weighted by molar-refractivity contribution is -0.139. The van der Waals surface area contributed by atoms with Crippen molar-refractivity contribution in [1.29, 1.82) is 0 Å². The highest BCUT2D eigenvalue weighted by Crippen LogP contribution is 2.33. The van der Waals surface area contributed by atoms with Crippen LogP contribution < -0.4 is 15.8 Å². The van der Waals surface area contributed by atoms with Crippen molar-refractivity contribution in [2.45, 2.75) is 44.9 Å². The van der Waals surface area contributed by atoms with Crippen molar-refractivity contribution in [2.24, 2.45) is 0 Å². The highest BCUT2D eigenvalue weighted by Gasteiger charge is 2.34. The summed E-state index contributed by atoms with van der Waals surface area (Å²) in [4.78, 5) is 41.4. The van der Waals surface area contributed by atoms with Gasteiger partial charge in [-0.3, -0.25) is 14.2 Å². The number of aryl methyl sites for hydroxylation is 1. The van der Waals surface area contributed by atoms with Gasteiger partial charge in [0.15, 0.2) is 6.29 Å². The summed E-state index contributed by atoms with van der Waals surface area (Å²) < 4.78 is 40.9. The Labute approximate surface area is 230 Å². The van der Waals surface area contributed by atoms with Crippen molar-refractivity contribution >= 4 is 43.4 Å². The smallest absolute Gasteiger partial charge is 0.263 e. The van der Waals surface area contributed by atoms with Crippen LogP contribution in [-0.2, 0) is 30.8 Å². The van der Waals surface area contributed by atoms with Gasteiger partial charge < -0.3 is 19.7 Å². The summed E-state index contributed by atoms with van der Waals surface area (Å²) in [5.41, 5.74) is -0.573. The average molecular weight is 580 g/mol.